The number of benzene rings is 1. The number of nitrogens with zero attached hydrogens (tertiary/aromatic N) is 2. The van der Waals surface area contributed by atoms with E-state index in [9.17, 15) is 24.3 Å². The van der Waals surface area contributed by atoms with Gasteiger partial charge < -0.3 is 25.5 Å². The third-order valence-corrected chi connectivity index (χ3v) is 8.53. The maximum absolute atomic E-state index is 13.2. The first kappa shape index (κ1) is 26.2. The van der Waals surface area contributed by atoms with Gasteiger partial charge in [0, 0.05) is 47.4 Å². The van der Waals surface area contributed by atoms with Crippen molar-refractivity contribution in [3.63, 3.8) is 0 Å². The molecule has 10 heteroatoms. The van der Waals surface area contributed by atoms with Crippen molar-refractivity contribution in [1.29, 1.82) is 0 Å². The van der Waals surface area contributed by atoms with Crippen molar-refractivity contribution in [1.82, 2.24) is 10.2 Å². The summed E-state index contributed by atoms with van der Waals surface area (Å²) in [7, 11) is 0. The van der Waals surface area contributed by atoms with E-state index in [1.807, 2.05) is 22.4 Å². The topological polar surface area (TPSA) is 119 Å². The van der Waals surface area contributed by atoms with Gasteiger partial charge in [-0.1, -0.05) is 6.07 Å². The maximum atomic E-state index is 13.2. The number of thiophene rings is 1. The molecule has 5 rings (SSSR count). The van der Waals surface area contributed by atoms with Crippen LogP contribution in [0.15, 0.2) is 35.7 Å². The number of rotatable bonds is 9. The van der Waals surface area contributed by atoms with Gasteiger partial charge in [-0.3, -0.25) is 19.2 Å². The molecule has 1 saturated heterocycles. The van der Waals surface area contributed by atoms with E-state index in [1.54, 1.807) is 18.2 Å². The van der Waals surface area contributed by atoms with E-state index in [1.165, 1.54) is 11.3 Å². The largest absolute Gasteiger partial charge is 0.481 e. The Bertz CT molecular complexity index is 1220. The summed E-state index contributed by atoms with van der Waals surface area (Å²) in [5.41, 5.74) is 1.71. The molecule has 3 aliphatic rings. The van der Waals surface area contributed by atoms with Crippen LogP contribution in [0.1, 0.15) is 67.2 Å². The van der Waals surface area contributed by atoms with Crippen molar-refractivity contribution < 1.29 is 24.3 Å². The average Bonchev–Trinajstić information content (AvgIpc) is 3.82. The second-order valence-corrected chi connectivity index (χ2v) is 11.7. The SMILES string of the molecule is CC1CN(c2ccc(C(=O)NC(CC(=O)O)c3cccs3)cc2NC(=O)C2CC2)C(C)CN1C(=O)C1CC1. The van der Waals surface area contributed by atoms with Crippen molar-refractivity contribution in [2.24, 2.45) is 11.8 Å². The molecular formula is C28H34N4O5S. The highest BCUT2D eigenvalue weighted by atomic mass is 32.1. The highest BCUT2D eigenvalue weighted by molar-refractivity contribution is 7.10. The van der Waals surface area contributed by atoms with Crippen molar-refractivity contribution in [3.8, 4) is 0 Å². The number of carboxylic acids is 1. The van der Waals surface area contributed by atoms with Gasteiger partial charge in [0.05, 0.1) is 23.8 Å². The van der Waals surface area contributed by atoms with Crippen LogP contribution in [0.25, 0.3) is 0 Å². The number of carboxylic acid groups (broad SMARTS) is 1. The molecule has 3 N–H and O–H groups in total. The number of hydrogen-bond donors (Lipinski definition) is 3. The number of amides is 3. The number of piperazine rings is 1. The molecule has 3 fully saturated rings. The van der Waals surface area contributed by atoms with Crippen molar-refractivity contribution in [2.75, 3.05) is 23.3 Å². The highest BCUT2D eigenvalue weighted by Gasteiger charge is 2.40. The molecule has 2 heterocycles. The van der Waals surface area contributed by atoms with Crippen molar-refractivity contribution in [2.45, 2.75) is 64.1 Å². The first-order chi connectivity index (χ1) is 18.2. The molecule has 1 aromatic heterocycles. The maximum Gasteiger partial charge on any atom is 0.305 e. The van der Waals surface area contributed by atoms with Gasteiger partial charge in [0.2, 0.25) is 11.8 Å². The molecule has 2 aliphatic carbocycles. The van der Waals surface area contributed by atoms with E-state index in [0.29, 0.717) is 24.3 Å². The molecule has 202 valence electrons. The Kier molecular flexibility index (Phi) is 7.43. The second-order valence-electron chi connectivity index (χ2n) is 10.8. The molecule has 1 aromatic carbocycles. The van der Waals surface area contributed by atoms with E-state index in [4.69, 9.17) is 0 Å². The first-order valence-corrected chi connectivity index (χ1v) is 14.2. The normalized spacial score (nSPS) is 22.1. The summed E-state index contributed by atoms with van der Waals surface area (Å²) in [6, 6.07) is 8.26. The van der Waals surface area contributed by atoms with E-state index < -0.39 is 17.9 Å². The molecule has 0 spiro atoms. The molecule has 9 nitrogen and oxygen atoms in total. The monoisotopic (exact) mass is 538 g/mol. The number of hydrogen-bond acceptors (Lipinski definition) is 6. The predicted molar refractivity (Wildman–Crippen MR) is 145 cm³/mol. The van der Waals surface area contributed by atoms with Crippen LogP contribution in [0.4, 0.5) is 11.4 Å². The van der Waals surface area contributed by atoms with Crippen LogP contribution in [-0.2, 0) is 14.4 Å². The Hall–Kier alpha value is -3.40. The number of carbonyl (C=O) groups is 4. The van der Waals surface area contributed by atoms with Gasteiger partial charge in [-0.2, -0.15) is 0 Å². The fourth-order valence-corrected chi connectivity index (χ4v) is 5.85. The molecular weight excluding hydrogens is 504 g/mol. The number of anilines is 2. The Morgan fingerprint density at radius 3 is 2.39 bits per heavy atom. The fraction of sp³-hybridized carbons (Fsp3) is 0.500. The first-order valence-electron chi connectivity index (χ1n) is 13.3. The lowest BCUT2D eigenvalue weighted by Crippen LogP contribution is -2.58. The van der Waals surface area contributed by atoms with Crippen LogP contribution >= 0.6 is 11.3 Å². The van der Waals surface area contributed by atoms with Crippen molar-refractivity contribution >= 4 is 46.4 Å². The summed E-state index contributed by atoms with van der Waals surface area (Å²) in [5, 5.41) is 17.1. The third kappa shape index (κ3) is 5.85. The zero-order chi connectivity index (χ0) is 27.0. The van der Waals surface area contributed by atoms with Gasteiger partial charge >= 0.3 is 5.97 Å². The summed E-state index contributed by atoms with van der Waals surface area (Å²) < 4.78 is 0. The Balaban J connectivity index is 1.39. The standard InChI is InChI=1S/C28H34N4O5S/c1-16-15-32(28(37)19-7-8-19)17(2)14-31(16)23-10-9-20(12-21(23)29-26(35)18-5-6-18)27(36)30-22(13-25(33)34)24-4-3-11-38-24/h3-4,9-12,16-19,22H,5-8,13-15H2,1-2H3,(H,29,35)(H,30,36)(H,33,34). The summed E-state index contributed by atoms with van der Waals surface area (Å²) >= 11 is 1.39. The summed E-state index contributed by atoms with van der Waals surface area (Å²) in [6.07, 6.45) is 3.43. The van der Waals surface area contributed by atoms with Gasteiger partial charge in [-0.25, -0.2) is 0 Å². The van der Waals surface area contributed by atoms with Crippen LogP contribution in [0.5, 0.6) is 0 Å². The lowest BCUT2D eigenvalue weighted by atomic mass is 10.0. The minimum atomic E-state index is -1.00. The van der Waals surface area contributed by atoms with Gasteiger partial charge in [0.25, 0.3) is 5.91 Å². The number of nitrogens with one attached hydrogen (secondary N) is 2. The van der Waals surface area contributed by atoms with Crippen LogP contribution in [-0.4, -0.2) is 58.9 Å². The number of aliphatic carboxylic acids is 1. The van der Waals surface area contributed by atoms with E-state index in [0.717, 1.165) is 36.2 Å². The molecule has 1 aliphatic heterocycles. The fourth-order valence-electron chi connectivity index (χ4n) is 5.07. The van der Waals surface area contributed by atoms with Gasteiger partial charge in [0.1, 0.15) is 0 Å². The summed E-state index contributed by atoms with van der Waals surface area (Å²) in [4.78, 5) is 55.2. The van der Waals surface area contributed by atoms with Crippen LogP contribution in [0.2, 0.25) is 0 Å². The van der Waals surface area contributed by atoms with Gasteiger partial charge in [0.15, 0.2) is 0 Å². The molecule has 0 bridgehead atoms. The quantitative estimate of drug-likeness (QED) is 0.446. The zero-order valence-corrected chi connectivity index (χ0v) is 22.5. The van der Waals surface area contributed by atoms with Crippen molar-refractivity contribution in [3.05, 3.63) is 46.2 Å². The van der Waals surface area contributed by atoms with Gasteiger partial charge in [-0.15, -0.1) is 11.3 Å². The average molecular weight is 539 g/mol. The predicted octanol–water partition coefficient (Wildman–Crippen LogP) is 3.88. The Morgan fingerprint density at radius 2 is 1.76 bits per heavy atom. The minimum absolute atomic E-state index is 0.0107. The molecule has 38 heavy (non-hydrogen) atoms. The molecule has 3 amide bonds. The molecule has 3 unspecified atom stereocenters. The second kappa shape index (κ2) is 10.8. The smallest absolute Gasteiger partial charge is 0.305 e. The highest BCUT2D eigenvalue weighted by Crippen LogP contribution is 2.37. The van der Waals surface area contributed by atoms with Crippen LogP contribution in [0.3, 0.4) is 0 Å². The van der Waals surface area contributed by atoms with E-state index in [2.05, 4.69) is 29.4 Å². The molecule has 2 aromatic rings. The van der Waals surface area contributed by atoms with E-state index in [-0.39, 0.29) is 42.2 Å². The molecule has 0 radical (unpaired) electrons. The van der Waals surface area contributed by atoms with E-state index >= 15 is 0 Å². The summed E-state index contributed by atoms with van der Waals surface area (Å²) in [6.45, 7) is 5.35. The van der Waals surface area contributed by atoms with Crippen LogP contribution in [0, 0.1) is 11.8 Å². The molecule has 2 saturated carbocycles. The Morgan fingerprint density at radius 1 is 1.03 bits per heavy atom. The third-order valence-electron chi connectivity index (χ3n) is 7.54. The summed E-state index contributed by atoms with van der Waals surface area (Å²) in [5.74, 6) is -1.07. The lowest BCUT2D eigenvalue weighted by molar-refractivity contribution is -0.137. The van der Waals surface area contributed by atoms with Crippen LogP contribution < -0.4 is 15.5 Å². The Labute approximate surface area is 226 Å². The molecule has 3 atom stereocenters. The zero-order valence-electron chi connectivity index (χ0n) is 21.7. The minimum Gasteiger partial charge on any atom is -0.481 e. The lowest BCUT2D eigenvalue weighted by Gasteiger charge is -2.46. The number of carbonyl (C=O) groups excluding carboxylic acids is 3. The van der Waals surface area contributed by atoms with Gasteiger partial charge in [-0.05, 0) is 69.2 Å².